The molecule has 1 fully saturated rings. The summed E-state index contributed by atoms with van der Waals surface area (Å²) in [6.45, 7) is 6.48. The first-order valence-electron chi connectivity index (χ1n) is 5.01. The lowest BCUT2D eigenvalue weighted by atomic mass is 10.0. The molecule has 0 amide bonds. The zero-order chi connectivity index (χ0) is 9.68. The number of rotatable bonds is 4. The molecule has 1 N–H and O–H groups in total. The Morgan fingerprint density at radius 2 is 2.38 bits per heavy atom. The van der Waals surface area contributed by atoms with E-state index < -0.39 is 0 Å². The second kappa shape index (κ2) is 5.35. The van der Waals surface area contributed by atoms with Gasteiger partial charge in [0.2, 0.25) is 0 Å². The van der Waals surface area contributed by atoms with Gasteiger partial charge in [0, 0.05) is 25.4 Å². The van der Waals surface area contributed by atoms with E-state index >= 15 is 0 Å². The highest BCUT2D eigenvalue weighted by atomic mass is 16.5. The van der Waals surface area contributed by atoms with Crippen molar-refractivity contribution in [1.82, 2.24) is 5.32 Å². The van der Waals surface area contributed by atoms with Crippen LogP contribution in [0.25, 0.3) is 0 Å². The Balaban J connectivity index is 2.18. The van der Waals surface area contributed by atoms with Gasteiger partial charge in [0.15, 0.2) is 0 Å². The summed E-state index contributed by atoms with van der Waals surface area (Å²) in [7, 11) is 0. The highest BCUT2D eigenvalue weighted by Gasteiger charge is 2.16. The molecule has 0 bridgehead atoms. The van der Waals surface area contributed by atoms with Crippen molar-refractivity contribution in [2.24, 2.45) is 5.92 Å². The molecule has 0 aliphatic carbocycles. The van der Waals surface area contributed by atoms with Gasteiger partial charge in [-0.05, 0) is 5.92 Å². The summed E-state index contributed by atoms with van der Waals surface area (Å²) in [4.78, 5) is 11.4. The molecule has 1 atom stereocenters. The van der Waals surface area contributed by atoms with E-state index in [9.17, 15) is 4.79 Å². The Hall–Kier alpha value is -0.410. The van der Waals surface area contributed by atoms with Gasteiger partial charge in [-0.2, -0.15) is 0 Å². The molecule has 76 valence electrons. The minimum absolute atomic E-state index is 0.250. The maximum absolute atomic E-state index is 11.4. The molecule has 1 aliphatic heterocycles. The fourth-order valence-electron chi connectivity index (χ4n) is 1.56. The molecule has 3 heteroatoms. The molecular weight excluding hydrogens is 166 g/mol. The van der Waals surface area contributed by atoms with Crippen LogP contribution in [0.1, 0.15) is 26.7 Å². The number of morpholine rings is 1. The Kier molecular flexibility index (Phi) is 4.39. The third-order valence-corrected chi connectivity index (χ3v) is 2.11. The van der Waals surface area contributed by atoms with E-state index in [1.165, 1.54) is 0 Å². The smallest absolute Gasteiger partial charge is 0.134 e. The third-order valence-electron chi connectivity index (χ3n) is 2.11. The summed E-state index contributed by atoms with van der Waals surface area (Å²) in [6, 6.07) is 0.250. The lowest BCUT2D eigenvalue weighted by Crippen LogP contribution is -2.42. The Bertz CT molecular complexity index is 162. The van der Waals surface area contributed by atoms with Crippen LogP contribution >= 0.6 is 0 Å². The van der Waals surface area contributed by atoms with E-state index in [2.05, 4.69) is 19.2 Å². The van der Waals surface area contributed by atoms with E-state index in [1.54, 1.807) is 0 Å². The van der Waals surface area contributed by atoms with Gasteiger partial charge in [0.1, 0.15) is 5.78 Å². The molecule has 0 aromatic carbocycles. The van der Waals surface area contributed by atoms with Crippen LogP contribution in [0.15, 0.2) is 0 Å². The van der Waals surface area contributed by atoms with Gasteiger partial charge < -0.3 is 10.1 Å². The molecule has 1 heterocycles. The molecule has 1 unspecified atom stereocenters. The molecule has 1 aliphatic rings. The Morgan fingerprint density at radius 3 is 2.92 bits per heavy atom. The molecule has 1 rings (SSSR count). The number of ether oxygens (including phenoxy) is 1. The maximum atomic E-state index is 11.4. The molecule has 0 saturated carbocycles. The van der Waals surface area contributed by atoms with Crippen LogP contribution in [-0.4, -0.2) is 31.6 Å². The van der Waals surface area contributed by atoms with Gasteiger partial charge in [-0.1, -0.05) is 13.8 Å². The number of hydrogen-bond donors (Lipinski definition) is 1. The van der Waals surface area contributed by atoms with Crippen LogP contribution in [0.2, 0.25) is 0 Å². The summed E-state index contributed by atoms with van der Waals surface area (Å²) in [5.74, 6) is 0.815. The molecule has 0 spiro atoms. The maximum Gasteiger partial charge on any atom is 0.134 e. The monoisotopic (exact) mass is 185 g/mol. The summed E-state index contributed by atoms with van der Waals surface area (Å²) in [5.41, 5.74) is 0. The highest BCUT2D eigenvalue weighted by Crippen LogP contribution is 2.06. The number of nitrogens with one attached hydrogen (secondary N) is 1. The first kappa shape index (κ1) is 10.7. The fourth-order valence-corrected chi connectivity index (χ4v) is 1.56. The summed E-state index contributed by atoms with van der Waals surface area (Å²) in [5, 5.41) is 3.28. The van der Waals surface area contributed by atoms with Crippen LogP contribution in [0.5, 0.6) is 0 Å². The van der Waals surface area contributed by atoms with Crippen molar-refractivity contribution in [2.75, 3.05) is 19.8 Å². The summed E-state index contributed by atoms with van der Waals surface area (Å²) in [6.07, 6.45) is 1.32. The predicted molar refractivity (Wildman–Crippen MR) is 51.7 cm³/mol. The molecule has 0 aromatic heterocycles. The van der Waals surface area contributed by atoms with Crippen LogP contribution in [0.4, 0.5) is 0 Å². The van der Waals surface area contributed by atoms with E-state index in [4.69, 9.17) is 4.74 Å². The fraction of sp³-hybridized carbons (Fsp3) is 0.900. The van der Waals surface area contributed by atoms with Crippen LogP contribution in [0.3, 0.4) is 0 Å². The normalized spacial score (nSPS) is 23.5. The van der Waals surface area contributed by atoms with Gasteiger partial charge in [0.25, 0.3) is 0 Å². The van der Waals surface area contributed by atoms with Gasteiger partial charge in [0.05, 0.1) is 13.2 Å². The van der Waals surface area contributed by atoms with E-state index in [0.717, 1.165) is 13.2 Å². The highest BCUT2D eigenvalue weighted by molar-refractivity contribution is 5.79. The first-order chi connectivity index (χ1) is 6.18. The van der Waals surface area contributed by atoms with Crippen molar-refractivity contribution in [3.05, 3.63) is 0 Å². The average Bonchev–Trinajstić information content (AvgIpc) is 2.04. The third kappa shape index (κ3) is 4.39. The minimum atomic E-state index is 0.250. The van der Waals surface area contributed by atoms with Crippen LogP contribution in [0, 0.1) is 5.92 Å². The number of carbonyl (C=O) groups excluding carboxylic acids is 1. The van der Waals surface area contributed by atoms with Gasteiger partial charge in [-0.3, -0.25) is 4.79 Å². The Morgan fingerprint density at radius 1 is 1.62 bits per heavy atom. The SMILES string of the molecule is CC(C)CC(=O)CC1COCCN1. The lowest BCUT2D eigenvalue weighted by Gasteiger charge is -2.23. The molecular formula is C10H19NO2. The van der Waals surface area contributed by atoms with Crippen molar-refractivity contribution >= 4 is 5.78 Å². The molecule has 3 nitrogen and oxygen atoms in total. The quantitative estimate of drug-likeness (QED) is 0.709. The lowest BCUT2D eigenvalue weighted by molar-refractivity contribution is -0.120. The topological polar surface area (TPSA) is 38.3 Å². The first-order valence-corrected chi connectivity index (χ1v) is 5.01. The van der Waals surface area contributed by atoms with Gasteiger partial charge in [-0.25, -0.2) is 0 Å². The average molecular weight is 185 g/mol. The van der Waals surface area contributed by atoms with Gasteiger partial charge in [-0.15, -0.1) is 0 Å². The molecule has 13 heavy (non-hydrogen) atoms. The van der Waals surface area contributed by atoms with Crippen molar-refractivity contribution in [2.45, 2.75) is 32.7 Å². The number of ketones is 1. The van der Waals surface area contributed by atoms with E-state index in [-0.39, 0.29) is 6.04 Å². The number of hydrogen-bond acceptors (Lipinski definition) is 3. The second-order valence-corrected chi connectivity index (χ2v) is 4.07. The zero-order valence-electron chi connectivity index (χ0n) is 8.51. The molecule has 1 saturated heterocycles. The Labute approximate surface area is 79.8 Å². The predicted octanol–water partition coefficient (Wildman–Crippen LogP) is 0.980. The van der Waals surface area contributed by atoms with Crippen molar-refractivity contribution in [3.8, 4) is 0 Å². The van der Waals surface area contributed by atoms with E-state index in [1.807, 2.05) is 0 Å². The summed E-state index contributed by atoms with van der Waals surface area (Å²) < 4.78 is 5.27. The van der Waals surface area contributed by atoms with Crippen molar-refractivity contribution in [1.29, 1.82) is 0 Å². The van der Waals surface area contributed by atoms with Crippen LogP contribution in [-0.2, 0) is 9.53 Å². The zero-order valence-corrected chi connectivity index (χ0v) is 8.51. The van der Waals surface area contributed by atoms with Gasteiger partial charge >= 0.3 is 0 Å². The van der Waals surface area contributed by atoms with Crippen molar-refractivity contribution < 1.29 is 9.53 Å². The minimum Gasteiger partial charge on any atom is -0.379 e. The number of Topliss-reactive ketones (excluding diaryl/α,β-unsaturated/α-hetero) is 1. The molecule has 0 radical (unpaired) electrons. The van der Waals surface area contributed by atoms with Crippen molar-refractivity contribution in [3.63, 3.8) is 0 Å². The number of carbonyl (C=O) groups is 1. The second-order valence-electron chi connectivity index (χ2n) is 4.07. The van der Waals surface area contributed by atoms with E-state index in [0.29, 0.717) is 31.1 Å². The summed E-state index contributed by atoms with van der Waals surface area (Å²) >= 11 is 0. The largest absolute Gasteiger partial charge is 0.379 e. The standard InChI is InChI=1S/C10H19NO2/c1-8(2)5-10(12)6-9-7-13-4-3-11-9/h8-9,11H,3-7H2,1-2H3. The molecule has 0 aromatic rings. The van der Waals surface area contributed by atoms with Crippen LogP contribution < -0.4 is 5.32 Å².